The van der Waals surface area contributed by atoms with Gasteiger partial charge >= 0.3 is 0 Å². The number of rotatable bonds is 6. The summed E-state index contributed by atoms with van der Waals surface area (Å²) < 4.78 is 6.45. The van der Waals surface area contributed by atoms with Gasteiger partial charge in [-0.05, 0) is 24.6 Å². The van der Waals surface area contributed by atoms with Gasteiger partial charge in [0.25, 0.3) is 0 Å². The van der Waals surface area contributed by atoms with Crippen LogP contribution in [0.3, 0.4) is 0 Å². The van der Waals surface area contributed by atoms with Gasteiger partial charge in [-0.2, -0.15) is 0 Å². The van der Waals surface area contributed by atoms with E-state index in [4.69, 9.17) is 4.74 Å². The molecule has 1 aliphatic rings. The van der Waals surface area contributed by atoms with Crippen LogP contribution in [0.4, 0.5) is 0 Å². The fraction of sp³-hybridized carbons (Fsp3) is 0.562. The van der Waals surface area contributed by atoms with Crippen LogP contribution in [0.2, 0.25) is 0 Å². The molecule has 0 bridgehead atoms. The largest absolute Gasteiger partial charge is 0.379 e. The second kappa shape index (κ2) is 12.0. The van der Waals surface area contributed by atoms with E-state index < -0.39 is 0 Å². The van der Waals surface area contributed by atoms with Crippen molar-refractivity contribution in [2.45, 2.75) is 13.5 Å². The molecule has 5 nitrogen and oxygen atoms in total. The molecule has 0 spiro atoms. The van der Waals surface area contributed by atoms with Crippen molar-refractivity contribution in [3.8, 4) is 0 Å². The Morgan fingerprint density at radius 3 is 2.57 bits per heavy atom. The Morgan fingerprint density at radius 1 is 1.22 bits per heavy atom. The minimum atomic E-state index is 0. The number of halogens is 2. The average molecular weight is 497 g/mol. The molecule has 130 valence electrons. The number of morpholine rings is 1. The van der Waals surface area contributed by atoms with Crippen molar-refractivity contribution in [2.75, 3.05) is 45.9 Å². The second-order valence-corrected chi connectivity index (χ2v) is 6.12. The minimum absolute atomic E-state index is 0. The molecule has 2 rings (SSSR count). The summed E-state index contributed by atoms with van der Waals surface area (Å²) in [6.07, 6.45) is 0. The fourth-order valence-electron chi connectivity index (χ4n) is 2.26. The zero-order valence-corrected chi connectivity index (χ0v) is 17.5. The van der Waals surface area contributed by atoms with E-state index in [0.717, 1.165) is 56.4 Å². The van der Waals surface area contributed by atoms with Crippen molar-refractivity contribution in [2.24, 2.45) is 4.99 Å². The van der Waals surface area contributed by atoms with Gasteiger partial charge in [-0.1, -0.05) is 28.1 Å². The molecule has 0 amide bonds. The van der Waals surface area contributed by atoms with E-state index in [1.54, 1.807) is 0 Å². The predicted molar refractivity (Wildman–Crippen MR) is 110 cm³/mol. The molecule has 0 aromatic heterocycles. The number of hydrogen-bond acceptors (Lipinski definition) is 3. The zero-order chi connectivity index (χ0) is 15.6. The maximum Gasteiger partial charge on any atom is 0.191 e. The molecule has 23 heavy (non-hydrogen) atoms. The lowest BCUT2D eigenvalue weighted by molar-refractivity contribution is 0.0389. The van der Waals surface area contributed by atoms with Crippen LogP contribution >= 0.6 is 39.9 Å². The van der Waals surface area contributed by atoms with Gasteiger partial charge in [-0.3, -0.25) is 4.90 Å². The Labute approximate surface area is 164 Å². The van der Waals surface area contributed by atoms with Crippen molar-refractivity contribution in [1.29, 1.82) is 0 Å². The maximum absolute atomic E-state index is 5.36. The number of ether oxygens (including phenoxy) is 1. The van der Waals surface area contributed by atoms with Crippen molar-refractivity contribution in [3.05, 3.63) is 34.3 Å². The minimum Gasteiger partial charge on any atom is -0.379 e. The van der Waals surface area contributed by atoms with Gasteiger partial charge < -0.3 is 15.4 Å². The van der Waals surface area contributed by atoms with Gasteiger partial charge in [0.15, 0.2) is 5.96 Å². The normalized spacial score (nSPS) is 15.8. The Hall–Kier alpha value is -0.380. The molecular formula is C16H26BrIN4O. The first-order valence-electron chi connectivity index (χ1n) is 7.84. The van der Waals surface area contributed by atoms with Crippen LogP contribution in [0.1, 0.15) is 12.5 Å². The summed E-state index contributed by atoms with van der Waals surface area (Å²) in [5, 5.41) is 6.69. The lowest BCUT2D eigenvalue weighted by Gasteiger charge is -2.26. The summed E-state index contributed by atoms with van der Waals surface area (Å²) in [5.74, 6) is 0.874. The second-order valence-electron chi connectivity index (χ2n) is 5.20. The lowest BCUT2D eigenvalue weighted by atomic mass is 10.2. The standard InChI is InChI=1S/C16H25BrN4O.HI/c1-2-18-16(19-7-8-21-9-11-22-12-10-21)20-13-14-3-5-15(17)6-4-14;/h3-6H,2,7-13H2,1H3,(H2,18,19,20);1H. The van der Waals surface area contributed by atoms with Crippen molar-refractivity contribution in [1.82, 2.24) is 15.5 Å². The highest BCUT2D eigenvalue weighted by Crippen LogP contribution is 2.10. The van der Waals surface area contributed by atoms with Crippen molar-refractivity contribution >= 4 is 45.9 Å². The Bertz CT molecular complexity index is 464. The van der Waals surface area contributed by atoms with Crippen molar-refractivity contribution in [3.63, 3.8) is 0 Å². The van der Waals surface area contributed by atoms with Gasteiger partial charge in [-0.25, -0.2) is 4.99 Å². The Kier molecular flexibility index (Phi) is 10.8. The summed E-state index contributed by atoms with van der Waals surface area (Å²) in [6, 6.07) is 8.27. The van der Waals surface area contributed by atoms with Gasteiger partial charge in [0, 0.05) is 37.2 Å². The highest BCUT2D eigenvalue weighted by Gasteiger charge is 2.09. The number of nitrogens with one attached hydrogen (secondary N) is 2. The SMILES string of the molecule is CCNC(=NCc1ccc(Br)cc1)NCCN1CCOCC1.I. The molecule has 0 saturated carbocycles. The molecule has 1 saturated heterocycles. The number of nitrogens with zero attached hydrogens (tertiary/aromatic N) is 2. The molecule has 1 heterocycles. The third kappa shape index (κ3) is 8.32. The summed E-state index contributed by atoms with van der Waals surface area (Å²) in [7, 11) is 0. The first kappa shape index (κ1) is 20.7. The monoisotopic (exact) mass is 496 g/mol. The topological polar surface area (TPSA) is 48.9 Å². The molecule has 2 N–H and O–H groups in total. The smallest absolute Gasteiger partial charge is 0.191 e. The summed E-state index contributed by atoms with van der Waals surface area (Å²) in [4.78, 5) is 7.04. The zero-order valence-electron chi connectivity index (χ0n) is 13.6. The first-order chi connectivity index (χ1) is 10.8. The molecule has 1 aromatic rings. The lowest BCUT2D eigenvalue weighted by Crippen LogP contribution is -2.44. The van der Waals surface area contributed by atoms with E-state index in [1.807, 2.05) is 12.1 Å². The summed E-state index contributed by atoms with van der Waals surface area (Å²) in [5.41, 5.74) is 1.20. The molecule has 0 radical (unpaired) electrons. The predicted octanol–water partition coefficient (Wildman–Crippen LogP) is 2.45. The maximum atomic E-state index is 5.36. The number of aliphatic imine (C=N–C) groups is 1. The summed E-state index contributed by atoms with van der Waals surface area (Å²) >= 11 is 3.45. The third-order valence-corrected chi connectivity index (χ3v) is 4.03. The van der Waals surface area contributed by atoms with Gasteiger partial charge in [0.2, 0.25) is 0 Å². The van der Waals surface area contributed by atoms with E-state index >= 15 is 0 Å². The van der Waals surface area contributed by atoms with Crippen LogP contribution in [0, 0.1) is 0 Å². The molecule has 1 fully saturated rings. The number of guanidine groups is 1. The molecule has 0 aliphatic carbocycles. The van der Waals surface area contributed by atoms with Crippen LogP contribution in [0.5, 0.6) is 0 Å². The van der Waals surface area contributed by atoms with Crippen LogP contribution in [-0.2, 0) is 11.3 Å². The number of benzene rings is 1. The molecular weight excluding hydrogens is 471 g/mol. The van der Waals surface area contributed by atoms with E-state index in [0.29, 0.717) is 6.54 Å². The van der Waals surface area contributed by atoms with Gasteiger partial charge in [-0.15, -0.1) is 24.0 Å². The molecule has 7 heteroatoms. The van der Waals surface area contributed by atoms with E-state index in [-0.39, 0.29) is 24.0 Å². The molecule has 1 aromatic carbocycles. The quantitative estimate of drug-likeness (QED) is 0.361. The molecule has 1 aliphatic heterocycles. The van der Waals surface area contributed by atoms with Crippen LogP contribution in [0.15, 0.2) is 33.7 Å². The Balaban J connectivity index is 0.00000264. The summed E-state index contributed by atoms with van der Waals surface area (Å²) in [6.45, 7) is 9.28. The van der Waals surface area contributed by atoms with Gasteiger partial charge in [0.05, 0.1) is 19.8 Å². The molecule has 0 atom stereocenters. The van der Waals surface area contributed by atoms with Crippen molar-refractivity contribution < 1.29 is 4.74 Å². The van der Waals surface area contributed by atoms with Crippen LogP contribution < -0.4 is 10.6 Å². The highest BCUT2D eigenvalue weighted by molar-refractivity contribution is 14.0. The number of hydrogen-bond donors (Lipinski definition) is 2. The van der Waals surface area contributed by atoms with Crippen LogP contribution in [-0.4, -0.2) is 56.8 Å². The first-order valence-corrected chi connectivity index (χ1v) is 8.64. The van der Waals surface area contributed by atoms with E-state index in [9.17, 15) is 0 Å². The van der Waals surface area contributed by atoms with E-state index in [2.05, 4.69) is 55.5 Å². The van der Waals surface area contributed by atoms with Crippen LogP contribution in [0.25, 0.3) is 0 Å². The fourth-order valence-corrected chi connectivity index (χ4v) is 2.52. The van der Waals surface area contributed by atoms with Gasteiger partial charge in [0.1, 0.15) is 0 Å². The highest BCUT2D eigenvalue weighted by atomic mass is 127. The van der Waals surface area contributed by atoms with E-state index in [1.165, 1.54) is 5.56 Å². The molecule has 0 unspecified atom stereocenters. The Morgan fingerprint density at radius 2 is 1.91 bits per heavy atom. The average Bonchev–Trinajstić information content (AvgIpc) is 2.55. The third-order valence-electron chi connectivity index (χ3n) is 3.50.